The Bertz CT molecular complexity index is 888. The molecule has 25 heavy (non-hydrogen) atoms. The fourth-order valence-electron chi connectivity index (χ4n) is 3.04. The third-order valence-electron chi connectivity index (χ3n) is 4.34. The molecule has 2 heterocycles. The van der Waals surface area contributed by atoms with Gasteiger partial charge in [0.15, 0.2) is 0 Å². The Labute approximate surface area is 152 Å². The number of fused-ring (bicyclic) bond motifs is 1. The number of carbonyl (C=O) groups excluding carboxylic acids is 2. The van der Waals surface area contributed by atoms with Crippen molar-refractivity contribution in [2.45, 2.75) is 39.7 Å². The van der Waals surface area contributed by atoms with Crippen molar-refractivity contribution >= 4 is 39.9 Å². The summed E-state index contributed by atoms with van der Waals surface area (Å²) < 4.78 is 2.28. The monoisotopic (exact) mass is 354 g/mol. The van der Waals surface area contributed by atoms with Gasteiger partial charge in [0, 0.05) is 23.1 Å². The van der Waals surface area contributed by atoms with Crippen molar-refractivity contribution in [2.75, 3.05) is 0 Å². The number of aromatic nitrogens is 1. The number of thioether (sulfide) groups is 1. The summed E-state index contributed by atoms with van der Waals surface area (Å²) in [5.41, 5.74) is 3.45. The van der Waals surface area contributed by atoms with Crippen LogP contribution in [0.25, 0.3) is 17.0 Å². The molecule has 0 radical (unpaired) electrons. The van der Waals surface area contributed by atoms with Gasteiger partial charge in [-0.25, -0.2) is 0 Å². The molecule has 1 atom stereocenters. The molecule has 1 N–H and O–H groups in total. The van der Waals surface area contributed by atoms with Crippen molar-refractivity contribution in [1.82, 2.24) is 9.88 Å². The molecule has 0 saturated carbocycles. The number of allylic oxidation sites excluding steroid dienone is 2. The summed E-state index contributed by atoms with van der Waals surface area (Å²) in [7, 11) is 0. The summed E-state index contributed by atoms with van der Waals surface area (Å²) in [6, 6.07) is 8.54. The van der Waals surface area contributed by atoms with E-state index in [1.54, 1.807) is 6.08 Å². The lowest BCUT2D eigenvalue weighted by Gasteiger charge is -2.15. The van der Waals surface area contributed by atoms with Crippen molar-refractivity contribution in [2.24, 2.45) is 0 Å². The minimum Gasteiger partial charge on any atom is -0.345 e. The number of imide groups is 1. The highest BCUT2D eigenvalue weighted by Gasteiger charge is 2.25. The molecule has 5 heteroatoms. The zero-order valence-corrected chi connectivity index (χ0v) is 15.5. The van der Waals surface area contributed by atoms with Crippen molar-refractivity contribution in [1.29, 1.82) is 0 Å². The number of amides is 2. The Hall–Kier alpha value is -2.27. The highest BCUT2D eigenvalue weighted by molar-refractivity contribution is 8.18. The van der Waals surface area contributed by atoms with Crippen LogP contribution in [0.1, 0.15) is 45.2 Å². The van der Waals surface area contributed by atoms with Crippen molar-refractivity contribution < 1.29 is 9.59 Å². The van der Waals surface area contributed by atoms with Crippen LogP contribution in [0.4, 0.5) is 4.79 Å². The average molecular weight is 354 g/mol. The maximum Gasteiger partial charge on any atom is 0.290 e. The van der Waals surface area contributed by atoms with Crippen LogP contribution in [0.2, 0.25) is 0 Å². The van der Waals surface area contributed by atoms with Gasteiger partial charge in [-0.1, -0.05) is 23.8 Å². The van der Waals surface area contributed by atoms with Crippen LogP contribution in [0.5, 0.6) is 0 Å². The first-order valence-electron chi connectivity index (χ1n) is 8.43. The van der Waals surface area contributed by atoms with Crippen LogP contribution < -0.4 is 5.32 Å². The first-order chi connectivity index (χ1) is 12.0. The number of nitrogens with one attached hydrogen (secondary N) is 1. The Morgan fingerprint density at radius 2 is 2.08 bits per heavy atom. The van der Waals surface area contributed by atoms with E-state index in [-0.39, 0.29) is 11.1 Å². The SMILES string of the molecule is CC(C)=CCCC(C)n1ccc2c(/C=C3\SC(=O)NC3=O)cccc21. The van der Waals surface area contributed by atoms with E-state index in [1.165, 1.54) is 5.57 Å². The summed E-state index contributed by atoms with van der Waals surface area (Å²) in [5.74, 6) is -0.318. The molecule has 0 spiro atoms. The Balaban J connectivity index is 1.90. The van der Waals surface area contributed by atoms with E-state index in [0.29, 0.717) is 10.9 Å². The molecule has 1 aromatic carbocycles. The molecule has 3 rings (SSSR count). The van der Waals surface area contributed by atoms with Gasteiger partial charge >= 0.3 is 0 Å². The molecule has 1 saturated heterocycles. The van der Waals surface area contributed by atoms with Gasteiger partial charge in [-0.05, 0) is 69.1 Å². The molecule has 0 aliphatic carbocycles. The lowest BCUT2D eigenvalue weighted by Crippen LogP contribution is -2.17. The minimum absolute atomic E-state index is 0.311. The van der Waals surface area contributed by atoms with Crippen LogP contribution in [0.15, 0.2) is 47.0 Å². The van der Waals surface area contributed by atoms with Gasteiger partial charge in [-0.3, -0.25) is 14.9 Å². The van der Waals surface area contributed by atoms with Gasteiger partial charge in [0.1, 0.15) is 0 Å². The molecule has 2 aromatic rings. The zero-order valence-electron chi connectivity index (χ0n) is 14.7. The third kappa shape index (κ3) is 3.87. The molecule has 4 nitrogen and oxygen atoms in total. The summed E-state index contributed by atoms with van der Waals surface area (Å²) in [5, 5.41) is 3.08. The lowest BCUT2D eigenvalue weighted by atomic mass is 10.1. The van der Waals surface area contributed by atoms with Gasteiger partial charge in [0.2, 0.25) is 0 Å². The first-order valence-corrected chi connectivity index (χ1v) is 9.25. The van der Waals surface area contributed by atoms with Crippen molar-refractivity contribution in [3.8, 4) is 0 Å². The van der Waals surface area contributed by atoms with E-state index in [9.17, 15) is 9.59 Å². The topological polar surface area (TPSA) is 51.1 Å². The number of carbonyl (C=O) groups is 2. The smallest absolute Gasteiger partial charge is 0.290 e. The van der Waals surface area contributed by atoms with Crippen LogP contribution in [0, 0.1) is 0 Å². The highest BCUT2D eigenvalue weighted by Crippen LogP contribution is 2.30. The van der Waals surface area contributed by atoms with E-state index in [0.717, 1.165) is 41.1 Å². The predicted octanol–water partition coefficient (Wildman–Crippen LogP) is 5.27. The Kier molecular flexibility index (Phi) is 5.13. The maximum absolute atomic E-state index is 11.8. The summed E-state index contributed by atoms with van der Waals surface area (Å²) in [6.45, 7) is 6.47. The van der Waals surface area contributed by atoms with E-state index >= 15 is 0 Å². The Morgan fingerprint density at radius 3 is 2.76 bits per heavy atom. The molecule has 1 unspecified atom stereocenters. The molecule has 1 aromatic heterocycles. The Morgan fingerprint density at radius 1 is 1.28 bits per heavy atom. The molecule has 130 valence electrons. The van der Waals surface area contributed by atoms with E-state index in [4.69, 9.17) is 0 Å². The zero-order chi connectivity index (χ0) is 18.0. The van der Waals surface area contributed by atoms with Gasteiger partial charge in [-0.15, -0.1) is 0 Å². The molecular weight excluding hydrogens is 332 g/mol. The predicted molar refractivity (Wildman–Crippen MR) is 104 cm³/mol. The summed E-state index contributed by atoms with van der Waals surface area (Å²) in [6.07, 6.45) is 8.31. The number of hydrogen-bond acceptors (Lipinski definition) is 3. The standard InChI is InChI=1S/C20H22N2O2S/c1-13(2)6-4-7-14(3)22-11-10-16-15(8-5-9-17(16)22)12-18-19(23)21-20(24)25-18/h5-6,8-12,14H,4,7H2,1-3H3,(H,21,23,24)/b18-12-. The van der Waals surface area contributed by atoms with Crippen LogP contribution in [-0.2, 0) is 4.79 Å². The largest absolute Gasteiger partial charge is 0.345 e. The molecular formula is C20H22N2O2S. The van der Waals surface area contributed by atoms with E-state index in [2.05, 4.69) is 55.1 Å². The third-order valence-corrected chi connectivity index (χ3v) is 5.15. The minimum atomic E-state index is -0.318. The number of nitrogens with zero attached hydrogens (tertiary/aromatic N) is 1. The molecule has 0 bridgehead atoms. The number of rotatable bonds is 5. The molecule has 1 aliphatic heterocycles. The number of benzene rings is 1. The molecule has 2 amide bonds. The van der Waals surface area contributed by atoms with Crippen LogP contribution in [0.3, 0.4) is 0 Å². The second-order valence-electron chi connectivity index (χ2n) is 6.56. The molecule has 1 aliphatic rings. The summed E-state index contributed by atoms with van der Waals surface area (Å²) in [4.78, 5) is 23.6. The van der Waals surface area contributed by atoms with Crippen LogP contribution in [-0.4, -0.2) is 15.7 Å². The number of hydrogen-bond donors (Lipinski definition) is 1. The molecule has 1 fully saturated rings. The van der Waals surface area contributed by atoms with Gasteiger partial charge in [0.05, 0.1) is 4.91 Å². The second kappa shape index (κ2) is 7.31. The quantitative estimate of drug-likeness (QED) is 0.587. The van der Waals surface area contributed by atoms with E-state index < -0.39 is 0 Å². The lowest BCUT2D eigenvalue weighted by molar-refractivity contribution is -0.115. The van der Waals surface area contributed by atoms with Crippen LogP contribution >= 0.6 is 11.8 Å². The highest BCUT2D eigenvalue weighted by atomic mass is 32.2. The average Bonchev–Trinajstić information content (AvgIpc) is 3.11. The van der Waals surface area contributed by atoms with Crippen molar-refractivity contribution in [3.63, 3.8) is 0 Å². The van der Waals surface area contributed by atoms with Gasteiger partial charge in [-0.2, -0.15) is 0 Å². The normalized spacial score (nSPS) is 17.2. The maximum atomic E-state index is 11.8. The fourth-order valence-corrected chi connectivity index (χ4v) is 3.71. The van der Waals surface area contributed by atoms with Gasteiger partial charge < -0.3 is 4.57 Å². The summed E-state index contributed by atoms with van der Waals surface area (Å²) >= 11 is 0.952. The fraction of sp³-hybridized carbons (Fsp3) is 0.300. The van der Waals surface area contributed by atoms with Crippen molar-refractivity contribution in [3.05, 3.63) is 52.6 Å². The first kappa shape index (κ1) is 17.5. The van der Waals surface area contributed by atoms with E-state index in [1.807, 2.05) is 12.1 Å². The van der Waals surface area contributed by atoms with Gasteiger partial charge in [0.25, 0.3) is 11.1 Å². The second-order valence-corrected chi connectivity index (χ2v) is 7.58.